The van der Waals surface area contributed by atoms with Crippen LogP contribution in [0.5, 0.6) is 0 Å². The second-order valence-corrected chi connectivity index (χ2v) is 8.64. The topological polar surface area (TPSA) is 73.8 Å². The first-order valence-electron chi connectivity index (χ1n) is 8.32. The molecule has 1 saturated heterocycles. The van der Waals surface area contributed by atoms with Gasteiger partial charge in [0.25, 0.3) is 0 Å². The number of alkyl halides is 3. The monoisotopic (exact) mass is 532 g/mol. The molecule has 0 saturated carbocycles. The Hall–Kier alpha value is 0.0500. The van der Waals surface area contributed by atoms with E-state index < -0.39 is 15.5 Å². The highest BCUT2D eigenvalue weighted by Gasteiger charge is 2.50. The van der Waals surface area contributed by atoms with E-state index in [0.29, 0.717) is 36.2 Å². The van der Waals surface area contributed by atoms with Crippen LogP contribution in [0.2, 0.25) is 0 Å². The highest BCUT2D eigenvalue weighted by Crippen LogP contribution is 2.28. The lowest BCUT2D eigenvalue weighted by atomic mass is 10.1. The minimum Gasteiger partial charge on any atom is -0.357 e. The summed E-state index contributed by atoms with van der Waals surface area (Å²) in [5.41, 5.74) is -5.24. The van der Waals surface area contributed by atoms with Crippen molar-refractivity contribution in [1.29, 1.82) is 0 Å². The van der Waals surface area contributed by atoms with Gasteiger partial charge in [0.2, 0.25) is 0 Å². The van der Waals surface area contributed by atoms with E-state index in [1.807, 2.05) is 6.92 Å². The van der Waals surface area contributed by atoms with Gasteiger partial charge in [-0.3, -0.25) is 4.99 Å². The molecule has 1 rings (SSSR count). The van der Waals surface area contributed by atoms with Crippen molar-refractivity contribution >= 4 is 51.7 Å². The molecular weight excluding hydrogens is 504 g/mol. The number of nitrogens with zero attached hydrogens (tertiary/aromatic N) is 2. The van der Waals surface area contributed by atoms with Crippen LogP contribution in [-0.2, 0) is 10.0 Å². The van der Waals surface area contributed by atoms with Crippen LogP contribution in [-0.4, -0.2) is 68.4 Å². The van der Waals surface area contributed by atoms with Crippen molar-refractivity contribution in [2.45, 2.75) is 44.2 Å². The lowest BCUT2D eigenvalue weighted by Gasteiger charge is -2.32. The van der Waals surface area contributed by atoms with E-state index in [1.165, 1.54) is 0 Å². The van der Waals surface area contributed by atoms with Gasteiger partial charge >= 0.3 is 15.5 Å². The molecular formula is C14H28F3IN4O2S2. The van der Waals surface area contributed by atoms with Crippen molar-refractivity contribution in [3.63, 3.8) is 0 Å². The average Bonchev–Trinajstić information content (AvgIpc) is 2.54. The molecule has 0 radical (unpaired) electrons. The number of halogens is 4. The van der Waals surface area contributed by atoms with Crippen LogP contribution in [0.25, 0.3) is 0 Å². The SMILES string of the molecule is CCNC(=NCCCCSC)NC1CCN(S(=O)(=O)C(F)(F)F)CC1.I. The smallest absolute Gasteiger partial charge is 0.357 e. The molecule has 0 atom stereocenters. The van der Waals surface area contributed by atoms with Crippen molar-refractivity contribution in [1.82, 2.24) is 14.9 Å². The standard InChI is InChI=1S/C14H27F3N4O2S2.HI/c1-3-18-13(19-8-4-5-11-24-2)20-12-6-9-21(10-7-12)25(22,23)14(15,16)17;/h12H,3-11H2,1-2H3,(H2,18,19,20);1H. The summed E-state index contributed by atoms with van der Waals surface area (Å²) in [7, 11) is -5.23. The maximum absolute atomic E-state index is 12.6. The number of sulfonamides is 1. The molecule has 0 aliphatic carbocycles. The van der Waals surface area contributed by atoms with E-state index in [-0.39, 0.29) is 43.1 Å². The Morgan fingerprint density at radius 2 is 1.88 bits per heavy atom. The third kappa shape index (κ3) is 8.38. The highest BCUT2D eigenvalue weighted by molar-refractivity contribution is 14.0. The summed E-state index contributed by atoms with van der Waals surface area (Å²) in [6.45, 7) is 3.00. The number of rotatable bonds is 8. The normalized spacial score (nSPS) is 17.7. The predicted octanol–water partition coefficient (Wildman–Crippen LogP) is 2.62. The fourth-order valence-electron chi connectivity index (χ4n) is 2.45. The minimum atomic E-state index is -5.24. The first-order chi connectivity index (χ1) is 11.7. The summed E-state index contributed by atoms with van der Waals surface area (Å²) in [5, 5.41) is 6.30. The quantitative estimate of drug-likeness (QED) is 0.218. The summed E-state index contributed by atoms with van der Waals surface area (Å²) in [6, 6.07) is -0.0938. The van der Waals surface area contributed by atoms with E-state index in [1.54, 1.807) is 11.8 Å². The summed E-state index contributed by atoms with van der Waals surface area (Å²) in [4.78, 5) is 4.46. The number of hydrogen-bond donors (Lipinski definition) is 2. The number of nitrogens with one attached hydrogen (secondary N) is 2. The third-order valence-corrected chi connectivity index (χ3v) is 6.12. The van der Waals surface area contributed by atoms with Gasteiger partial charge in [-0.1, -0.05) is 0 Å². The fraction of sp³-hybridized carbons (Fsp3) is 0.929. The second-order valence-electron chi connectivity index (χ2n) is 5.73. The summed E-state index contributed by atoms with van der Waals surface area (Å²) < 4.78 is 61.1. The van der Waals surface area contributed by atoms with Crippen LogP contribution in [0.15, 0.2) is 4.99 Å². The Balaban J connectivity index is 0.00000625. The van der Waals surface area contributed by atoms with Gasteiger partial charge in [0.15, 0.2) is 5.96 Å². The lowest BCUT2D eigenvalue weighted by Crippen LogP contribution is -2.51. The molecule has 0 spiro atoms. The Morgan fingerprint density at radius 3 is 2.38 bits per heavy atom. The Bertz CT molecular complexity index is 525. The number of piperidine rings is 1. The molecule has 0 amide bonds. The van der Waals surface area contributed by atoms with E-state index >= 15 is 0 Å². The number of hydrogen-bond acceptors (Lipinski definition) is 4. The first kappa shape index (κ1) is 26.1. The van der Waals surface area contributed by atoms with Crippen molar-refractivity contribution in [3.05, 3.63) is 0 Å². The van der Waals surface area contributed by atoms with Crippen molar-refractivity contribution in [3.8, 4) is 0 Å². The molecule has 0 bridgehead atoms. The van der Waals surface area contributed by atoms with Crippen LogP contribution < -0.4 is 10.6 Å². The van der Waals surface area contributed by atoms with Crippen LogP contribution in [0.3, 0.4) is 0 Å². The number of thioether (sulfide) groups is 1. The second kappa shape index (κ2) is 12.5. The maximum atomic E-state index is 12.6. The molecule has 0 aromatic carbocycles. The van der Waals surface area contributed by atoms with Crippen molar-refractivity contribution in [2.75, 3.05) is 38.2 Å². The van der Waals surface area contributed by atoms with E-state index in [9.17, 15) is 21.6 Å². The van der Waals surface area contributed by atoms with Gasteiger partial charge in [0.05, 0.1) is 0 Å². The molecule has 156 valence electrons. The largest absolute Gasteiger partial charge is 0.511 e. The summed E-state index contributed by atoms with van der Waals surface area (Å²) >= 11 is 1.79. The van der Waals surface area contributed by atoms with Crippen molar-refractivity contribution in [2.24, 2.45) is 4.99 Å². The predicted molar refractivity (Wildman–Crippen MR) is 112 cm³/mol. The Kier molecular flexibility index (Phi) is 12.5. The third-order valence-electron chi connectivity index (χ3n) is 3.80. The molecule has 0 unspecified atom stereocenters. The van der Waals surface area contributed by atoms with E-state index in [4.69, 9.17) is 0 Å². The van der Waals surface area contributed by atoms with Gasteiger partial charge in [-0.2, -0.15) is 29.2 Å². The number of unbranched alkanes of at least 4 members (excludes halogenated alkanes) is 1. The van der Waals surface area contributed by atoms with Crippen LogP contribution in [0, 0.1) is 0 Å². The van der Waals surface area contributed by atoms with E-state index in [0.717, 1.165) is 18.6 Å². The van der Waals surface area contributed by atoms with Crippen LogP contribution in [0.4, 0.5) is 13.2 Å². The van der Waals surface area contributed by atoms with Gasteiger partial charge in [-0.25, -0.2) is 8.42 Å². The average molecular weight is 532 g/mol. The van der Waals surface area contributed by atoms with Gasteiger partial charge < -0.3 is 10.6 Å². The zero-order valence-corrected chi connectivity index (χ0v) is 19.0. The van der Waals surface area contributed by atoms with Crippen molar-refractivity contribution < 1.29 is 21.6 Å². The molecule has 1 heterocycles. The molecule has 2 N–H and O–H groups in total. The molecule has 1 aliphatic heterocycles. The van der Waals surface area contributed by atoms with E-state index in [2.05, 4.69) is 21.9 Å². The summed E-state index contributed by atoms with van der Waals surface area (Å²) in [6.07, 6.45) is 4.73. The van der Waals surface area contributed by atoms with Gasteiger partial charge in [-0.15, -0.1) is 24.0 Å². The minimum absolute atomic E-state index is 0. The molecule has 1 fully saturated rings. The lowest BCUT2D eigenvalue weighted by molar-refractivity contribution is -0.0494. The molecule has 6 nitrogen and oxygen atoms in total. The molecule has 26 heavy (non-hydrogen) atoms. The van der Waals surface area contributed by atoms with Gasteiger partial charge in [0.1, 0.15) is 0 Å². The highest BCUT2D eigenvalue weighted by atomic mass is 127. The maximum Gasteiger partial charge on any atom is 0.511 e. The molecule has 1 aliphatic rings. The summed E-state index contributed by atoms with van der Waals surface area (Å²) in [5.74, 6) is 1.72. The first-order valence-corrected chi connectivity index (χ1v) is 11.2. The Morgan fingerprint density at radius 1 is 1.27 bits per heavy atom. The zero-order chi connectivity index (χ0) is 18.9. The Labute approximate surface area is 175 Å². The zero-order valence-electron chi connectivity index (χ0n) is 15.0. The van der Waals surface area contributed by atoms with Crippen LogP contribution in [0.1, 0.15) is 32.6 Å². The number of aliphatic imine (C=N–C) groups is 1. The molecule has 0 aromatic rings. The van der Waals surface area contributed by atoms with Crippen LogP contribution >= 0.6 is 35.7 Å². The molecule has 0 aromatic heterocycles. The fourth-order valence-corrected chi connectivity index (χ4v) is 3.93. The number of guanidine groups is 1. The van der Waals surface area contributed by atoms with Gasteiger partial charge in [0, 0.05) is 32.2 Å². The molecule has 12 heteroatoms. The van der Waals surface area contributed by atoms with Gasteiger partial charge in [-0.05, 0) is 44.6 Å².